The van der Waals surface area contributed by atoms with Crippen LogP contribution in [0.5, 0.6) is 0 Å². The van der Waals surface area contributed by atoms with E-state index in [2.05, 4.69) is 0 Å². The van der Waals surface area contributed by atoms with E-state index in [-0.39, 0.29) is 11.8 Å². The predicted molar refractivity (Wildman–Crippen MR) is 59.1 cm³/mol. The normalized spacial score (nSPS) is 12.3. The first-order valence-electron chi connectivity index (χ1n) is 3.74. The third kappa shape index (κ3) is 4.82. The Morgan fingerprint density at radius 3 is 2.33 bits per heavy atom. The summed E-state index contributed by atoms with van der Waals surface area (Å²) in [5.74, 6) is 0. The van der Waals surface area contributed by atoms with Crippen molar-refractivity contribution in [1.29, 1.82) is 0 Å². The van der Waals surface area contributed by atoms with Crippen molar-refractivity contribution in [3.8, 4) is 0 Å². The quantitative estimate of drug-likeness (QED) is 0.712. The van der Waals surface area contributed by atoms with E-state index >= 15 is 0 Å². The fourth-order valence-corrected chi connectivity index (χ4v) is 1.49. The fraction of sp³-hybridized carbons (Fsp3) is 0.111. The van der Waals surface area contributed by atoms with Gasteiger partial charge < -0.3 is 0 Å². The SMILES string of the molecule is FC(F)(F)S/C=C/c1ccc(Cl)c(Cl)c1. The molecule has 0 aromatic heterocycles. The van der Waals surface area contributed by atoms with Crippen molar-refractivity contribution in [2.45, 2.75) is 5.51 Å². The molecule has 0 bridgehead atoms. The second-order valence-electron chi connectivity index (χ2n) is 2.54. The molecule has 1 aromatic rings. The molecular formula is C9H5Cl2F3S. The summed E-state index contributed by atoms with van der Waals surface area (Å²) in [5, 5.41) is 1.65. The van der Waals surface area contributed by atoms with Crippen LogP contribution in [-0.4, -0.2) is 5.51 Å². The molecule has 0 aliphatic carbocycles. The van der Waals surface area contributed by atoms with Crippen LogP contribution in [0.15, 0.2) is 23.6 Å². The van der Waals surface area contributed by atoms with Gasteiger partial charge in [0.1, 0.15) is 0 Å². The number of thioether (sulfide) groups is 1. The van der Waals surface area contributed by atoms with Gasteiger partial charge in [-0.05, 0) is 40.9 Å². The lowest BCUT2D eigenvalue weighted by atomic mass is 10.2. The van der Waals surface area contributed by atoms with Gasteiger partial charge in [-0.1, -0.05) is 29.3 Å². The van der Waals surface area contributed by atoms with Crippen LogP contribution in [0.4, 0.5) is 13.2 Å². The van der Waals surface area contributed by atoms with Gasteiger partial charge in [0.15, 0.2) is 0 Å². The standard InChI is InChI=1S/C9H5Cl2F3S/c10-7-2-1-6(5-8(7)11)3-4-15-9(12,13)14/h1-5H/b4-3+. The number of hydrogen-bond acceptors (Lipinski definition) is 1. The Morgan fingerprint density at radius 1 is 1.13 bits per heavy atom. The molecule has 82 valence electrons. The summed E-state index contributed by atoms with van der Waals surface area (Å²) in [6.45, 7) is 0. The van der Waals surface area contributed by atoms with Gasteiger partial charge in [0.25, 0.3) is 0 Å². The lowest BCUT2D eigenvalue weighted by Gasteiger charge is -2.00. The van der Waals surface area contributed by atoms with Gasteiger partial charge in [-0.3, -0.25) is 0 Å². The minimum Gasteiger partial charge on any atom is -0.160 e. The highest BCUT2D eigenvalue weighted by Gasteiger charge is 2.26. The number of hydrogen-bond donors (Lipinski definition) is 0. The van der Waals surface area contributed by atoms with Crippen LogP contribution < -0.4 is 0 Å². The Hall–Kier alpha value is -0.320. The van der Waals surface area contributed by atoms with E-state index in [0.29, 0.717) is 15.6 Å². The molecule has 0 nitrogen and oxygen atoms in total. The Balaban J connectivity index is 2.69. The second kappa shape index (κ2) is 5.14. The van der Waals surface area contributed by atoms with Crippen molar-refractivity contribution >= 4 is 41.0 Å². The summed E-state index contributed by atoms with van der Waals surface area (Å²) in [4.78, 5) is 0. The van der Waals surface area contributed by atoms with Gasteiger partial charge >= 0.3 is 5.51 Å². The summed E-state index contributed by atoms with van der Waals surface area (Å²) in [5.41, 5.74) is -3.69. The van der Waals surface area contributed by atoms with Crippen molar-refractivity contribution in [3.05, 3.63) is 39.2 Å². The number of benzene rings is 1. The Kier molecular flexibility index (Phi) is 4.37. The molecule has 1 rings (SSSR count). The zero-order valence-corrected chi connectivity index (χ0v) is 9.51. The molecule has 15 heavy (non-hydrogen) atoms. The third-order valence-electron chi connectivity index (χ3n) is 1.41. The van der Waals surface area contributed by atoms with Crippen LogP contribution >= 0.6 is 35.0 Å². The number of rotatable bonds is 2. The summed E-state index contributed by atoms with van der Waals surface area (Å²) in [6.07, 6.45) is 1.32. The van der Waals surface area contributed by atoms with Crippen LogP contribution in [0.3, 0.4) is 0 Å². The van der Waals surface area contributed by atoms with E-state index in [4.69, 9.17) is 23.2 Å². The van der Waals surface area contributed by atoms with Gasteiger partial charge in [-0.2, -0.15) is 13.2 Å². The van der Waals surface area contributed by atoms with Crippen LogP contribution in [0, 0.1) is 0 Å². The first-order valence-corrected chi connectivity index (χ1v) is 5.38. The molecule has 0 heterocycles. The van der Waals surface area contributed by atoms with E-state index in [1.807, 2.05) is 0 Å². The first-order chi connectivity index (χ1) is 6.88. The van der Waals surface area contributed by atoms with Crippen molar-refractivity contribution in [1.82, 2.24) is 0 Å². The lowest BCUT2D eigenvalue weighted by Crippen LogP contribution is -1.96. The Bertz CT molecular complexity index is 374. The molecule has 0 radical (unpaired) electrons. The monoisotopic (exact) mass is 272 g/mol. The molecule has 0 spiro atoms. The molecule has 0 aliphatic rings. The maximum Gasteiger partial charge on any atom is 0.445 e. The predicted octanol–water partition coefficient (Wildman–Crippen LogP) is 5.22. The summed E-state index contributed by atoms with van der Waals surface area (Å²) in [6, 6.07) is 4.61. The van der Waals surface area contributed by atoms with Gasteiger partial charge in [0, 0.05) is 0 Å². The van der Waals surface area contributed by atoms with E-state index < -0.39 is 5.51 Å². The molecular weight excluding hydrogens is 268 g/mol. The Labute approximate surface area is 99.1 Å². The third-order valence-corrected chi connectivity index (χ3v) is 2.68. The van der Waals surface area contributed by atoms with E-state index in [1.54, 1.807) is 6.07 Å². The summed E-state index contributed by atoms with van der Waals surface area (Å²) in [7, 11) is 0. The zero-order chi connectivity index (χ0) is 11.5. The smallest absolute Gasteiger partial charge is 0.160 e. The highest BCUT2D eigenvalue weighted by molar-refractivity contribution is 8.03. The van der Waals surface area contributed by atoms with Crippen LogP contribution in [0.25, 0.3) is 6.08 Å². The largest absolute Gasteiger partial charge is 0.445 e. The topological polar surface area (TPSA) is 0 Å². The van der Waals surface area contributed by atoms with E-state index in [0.717, 1.165) is 5.41 Å². The van der Waals surface area contributed by atoms with Crippen molar-refractivity contribution < 1.29 is 13.2 Å². The van der Waals surface area contributed by atoms with Gasteiger partial charge in [0.2, 0.25) is 0 Å². The van der Waals surface area contributed by atoms with Gasteiger partial charge in [0.05, 0.1) is 10.0 Å². The van der Waals surface area contributed by atoms with E-state index in [9.17, 15) is 13.2 Å². The summed E-state index contributed by atoms with van der Waals surface area (Å²) < 4.78 is 35.3. The molecule has 0 N–H and O–H groups in total. The van der Waals surface area contributed by atoms with Crippen molar-refractivity contribution in [2.24, 2.45) is 0 Å². The molecule has 0 aliphatic heterocycles. The molecule has 1 aromatic carbocycles. The maximum absolute atomic E-state index is 11.8. The number of halogens is 5. The highest BCUT2D eigenvalue weighted by Crippen LogP contribution is 2.32. The summed E-state index contributed by atoms with van der Waals surface area (Å²) >= 11 is 11.1. The molecule has 0 saturated carbocycles. The molecule has 6 heteroatoms. The molecule has 0 atom stereocenters. The molecule has 0 saturated heterocycles. The molecule has 0 fully saturated rings. The number of alkyl halides is 3. The molecule has 0 amide bonds. The van der Waals surface area contributed by atoms with Crippen LogP contribution in [0.2, 0.25) is 10.0 Å². The minimum absolute atomic E-state index is 0.218. The highest BCUT2D eigenvalue weighted by atomic mass is 35.5. The lowest BCUT2D eigenvalue weighted by molar-refractivity contribution is -0.0319. The van der Waals surface area contributed by atoms with E-state index in [1.165, 1.54) is 18.2 Å². The molecule has 0 unspecified atom stereocenters. The van der Waals surface area contributed by atoms with Crippen LogP contribution in [0.1, 0.15) is 5.56 Å². The zero-order valence-electron chi connectivity index (χ0n) is 7.18. The Morgan fingerprint density at radius 2 is 1.80 bits per heavy atom. The average molecular weight is 273 g/mol. The average Bonchev–Trinajstić information content (AvgIpc) is 2.09. The fourth-order valence-electron chi connectivity index (χ4n) is 0.806. The van der Waals surface area contributed by atoms with Crippen molar-refractivity contribution in [2.75, 3.05) is 0 Å². The maximum atomic E-state index is 11.8. The first kappa shape index (κ1) is 12.7. The van der Waals surface area contributed by atoms with Crippen molar-refractivity contribution in [3.63, 3.8) is 0 Å². The second-order valence-corrected chi connectivity index (χ2v) is 4.33. The van der Waals surface area contributed by atoms with Gasteiger partial charge in [-0.15, -0.1) is 0 Å². The van der Waals surface area contributed by atoms with Gasteiger partial charge in [-0.25, -0.2) is 0 Å². The van der Waals surface area contributed by atoms with Crippen LogP contribution in [-0.2, 0) is 0 Å². The minimum atomic E-state index is -4.26.